The standard InChI is InChI=1S/C23H26F3NO2S.C10H23N/c24-18-9-7-17(8-10-18)23(25,26)11-13-30-21-19(22(28)29)2-1-12-27(21)14-20-15-3-4-16(20)6-5-15;1-2-3-4-5-6-7-8-9-10-11/h1-2,7-10,12,15-16,20-21H,3-6,11,13-14H2,(H,28,29);2-11H2,1H3. The summed E-state index contributed by atoms with van der Waals surface area (Å²) in [6.45, 7) is 3.91. The highest BCUT2D eigenvalue weighted by Gasteiger charge is 2.43. The monoisotopic (exact) mass is 594 g/mol. The maximum atomic E-state index is 14.5. The van der Waals surface area contributed by atoms with E-state index in [0.717, 1.165) is 37.4 Å². The van der Waals surface area contributed by atoms with Crippen LogP contribution >= 0.6 is 11.8 Å². The SMILES string of the molecule is CCCCCCCCCCN.O=C(O)C1=CC=CN(CC2C3CCC2CC3)C1SCCC(F)(F)c1ccc(F)cc1. The van der Waals surface area contributed by atoms with Gasteiger partial charge in [-0.2, -0.15) is 0 Å². The van der Waals surface area contributed by atoms with Crippen molar-refractivity contribution in [1.29, 1.82) is 0 Å². The number of nitrogens with zero attached hydrogens (tertiary/aromatic N) is 1. The van der Waals surface area contributed by atoms with Crippen molar-refractivity contribution in [2.75, 3.05) is 18.8 Å². The minimum atomic E-state index is -3.09. The summed E-state index contributed by atoms with van der Waals surface area (Å²) in [6.07, 6.45) is 20.7. The molecular weight excluding hydrogens is 545 g/mol. The van der Waals surface area contributed by atoms with Crippen LogP contribution < -0.4 is 5.73 Å². The van der Waals surface area contributed by atoms with Crippen molar-refractivity contribution in [2.45, 2.75) is 102 Å². The molecule has 1 aliphatic heterocycles. The van der Waals surface area contributed by atoms with Gasteiger partial charge in [0.05, 0.1) is 5.57 Å². The number of carboxylic acids is 1. The van der Waals surface area contributed by atoms with Gasteiger partial charge in [0.1, 0.15) is 11.2 Å². The molecule has 2 fully saturated rings. The lowest BCUT2D eigenvalue weighted by molar-refractivity contribution is -0.133. The lowest BCUT2D eigenvalue weighted by Gasteiger charge is -2.36. The average molecular weight is 595 g/mol. The second-order valence-electron chi connectivity index (χ2n) is 11.8. The van der Waals surface area contributed by atoms with E-state index in [1.807, 2.05) is 11.1 Å². The van der Waals surface area contributed by atoms with Crippen molar-refractivity contribution < 1.29 is 23.1 Å². The van der Waals surface area contributed by atoms with Gasteiger partial charge >= 0.3 is 5.97 Å². The maximum absolute atomic E-state index is 14.5. The number of unbranched alkanes of at least 4 members (excludes halogenated alkanes) is 7. The van der Waals surface area contributed by atoms with Crippen molar-refractivity contribution >= 4 is 17.7 Å². The minimum Gasteiger partial charge on any atom is -0.478 e. The second kappa shape index (κ2) is 17.3. The van der Waals surface area contributed by atoms with Crippen molar-refractivity contribution in [3.05, 3.63) is 59.6 Å². The van der Waals surface area contributed by atoms with Gasteiger partial charge in [0.2, 0.25) is 0 Å². The van der Waals surface area contributed by atoms with Crippen LogP contribution in [0.15, 0.2) is 48.2 Å². The molecule has 3 N–H and O–H groups in total. The molecule has 0 saturated heterocycles. The number of rotatable bonds is 16. The van der Waals surface area contributed by atoms with E-state index in [0.29, 0.717) is 17.8 Å². The van der Waals surface area contributed by atoms with Crippen LogP contribution in [0.5, 0.6) is 0 Å². The lowest BCUT2D eigenvalue weighted by Crippen LogP contribution is -2.39. The third-order valence-electron chi connectivity index (χ3n) is 8.83. The van der Waals surface area contributed by atoms with Gasteiger partial charge in [0, 0.05) is 30.5 Å². The highest BCUT2D eigenvalue weighted by Crippen LogP contribution is 2.50. The first-order valence-corrected chi connectivity index (χ1v) is 16.6. The number of alkyl halides is 2. The molecule has 3 aliphatic rings. The molecule has 2 bridgehead atoms. The van der Waals surface area contributed by atoms with Crippen LogP contribution in [0, 0.1) is 23.6 Å². The quantitative estimate of drug-likeness (QED) is 0.187. The first-order chi connectivity index (χ1) is 19.8. The Morgan fingerprint density at radius 2 is 1.59 bits per heavy atom. The summed E-state index contributed by atoms with van der Waals surface area (Å²) in [5, 5.41) is 9.17. The Morgan fingerprint density at radius 1 is 1.00 bits per heavy atom. The zero-order chi connectivity index (χ0) is 29.7. The molecule has 2 saturated carbocycles. The van der Waals surface area contributed by atoms with E-state index in [4.69, 9.17) is 5.73 Å². The van der Waals surface area contributed by atoms with E-state index in [1.165, 1.54) is 88.8 Å². The number of carbonyl (C=O) groups is 1. The van der Waals surface area contributed by atoms with E-state index in [2.05, 4.69) is 6.92 Å². The Labute approximate surface area is 249 Å². The fourth-order valence-corrected chi connectivity index (χ4v) is 7.76. The number of nitrogens with two attached hydrogens (primary N) is 1. The number of aliphatic carboxylic acids is 1. The second-order valence-corrected chi connectivity index (χ2v) is 12.9. The fourth-order valence-electron chi connectivity index (χ4n) is 6.46. The van der Waals surface area contributed by atoms with E-state index in [-0.39, 0.29) is 16.9 Å². The predicted molar refractivity (Wildman–Crippen MR) is 163 cm³/mol. The van der Waals surface area contributed by atoms with Crippen LogP contribution in [0.25, 0.3) is 0 Å². The zero-order valence-corrected chi connectivity index (χ0v) is 25.4. The fraction of sp³-hybridized carbons (Fsp3) is 0.667. The van der Waals surface area contributed by atoms with Crippen molar-refractivity contribution in [3.63, 3.8) is 0 Å². The lowest BCUT2D eigenvalue weighted by atomic mass is 9.96. The molecular formula is C33H49F3N2O2S. The topological polar surface area (TPSA) is 66.6 Å². The largest absolute Gasteiger partial charge is 0.478 e. The third kappa shape index (κ3) is 10.4. The molecule has 4 nitrogen and oxygen atoms in total. The first-order valence-electron chi connectivity index (χ1n) is 15.6. The van der Waals surface area contributed by atoms with Crippen molar-refractivity contribution in [2.24, 2.45) is 23.5 Å². The number of carboxylic acid groups (broad SMARTS) is 1. The van der Waals surface area contributed by atoms with Crippen LogP contribution in [0.2, 0.25) is 0 Å². The Kier molecular flexibility index (Phi) is 14.1. The molecule has 4 rings (SSSR count). The Balaban J connectivity index is 0.000000358. The molecule has 1 atom stereocenters. The van der Waals surface area contributed by atoms with Gasteiger partial charge in [-0.25, -0.2) is 18.0 Å². The summed E-state index contributed by atoms with van der Waals surface area (Å²) in [6, 6.07) is 4.28. The summed E-state index contributed by atoms with van der Waals surface area (Å²) >= 11 is 1.24. The van der Waals surface area contributed by atoms with E-state index < -0.39 is 29.5 Å². The summed E-state index contributed by atoms with van der Waals surface area (Å²) in [5.74, 6) is -2.58. The average Bonchev–Trinajstić information content (AvgIpc) is 3.52. The van der Waals surface area contributed by atoms with Gasteiger partial charge < -0.3 is 15.7 Å². The molecule has 0 amide bonds. The summed E-state index contributed by atoms with van der Waals surface area (Å²) in [7, 11) is 0. The molecule has 0 spiro atoms. The maximum Gasteiger partial charge on any atom is 0.334 e. The molecule has 2 aliphatic carbocycles. The summed E-state index contributed by atoms with van der Waals surface area (Å²) < 4.78 is 42.1. The van der Waals surface area contributed by atoms with Gasteiger partial charge in [0.25, 0.3) is 5.92 Å². The molecule has 1 aromatic rings. The Morgan fingerprint density at radius 3 is 2.15 bits per heavy atom. The van der Waals surface area contributed by atoms with E-state index >= 15 is 0 Å². The van der Waals surface area contributed by atoms with Gasteiger partial charge in [-0.1, -0.05) is 64.0 Å². The number of hydrogen-bond acceptors (Lipinski definition) is 4. The highest BCUT2D eigenvalue weighted by atomic mass is 32.2. The number of allylic oxidation sites excluding steroid dienone is 2. The van der Waals surface area contributed by atoms with E-state index in [1.54, 1.807) is 12.2 Å². The van der Waals surface area contributed by atoms with Gasteiger partial charge in [-0.05, 0) is 80.7 Å². The van der Waals surface area contributed by atoms with Crippen LogP contribution in [-0.4, -0.2) is 40.2 Å². The highest BCUT2D eigenvalue weighted by molar-refractivity contribution is 8.00. The predicted octanol–water partition coefficient (Wildman–Crippen LogP) is 8.73. The van der Waals surface area contributed by atoms with Gasteiger partial charge in [0.15, 0.2) is 0 Å². The van der Waals surface area contributed by atoms with Crippen molar-refractivity contribution in [1.82, 2.24) is 4.90 Å². The van der Waals surface area contributed by atoms with Crippen LogP contribution in [-0.2, 0) is 10.7 Å². The Hall–Kier alpha value is -1.93. The zero-order valence-electron chi connectivity index (χ0n) is 24.6. The molecule has 1 aromatic carbocycles. The van der Waals surface area contributed by atoms with Crippen LogP contribution in [0.4, 0.5) is 13.2 Å². The first kappa shape index (κ1) is 33.6. The number of benzene rings is 1. The Bertz CT molecular complexity index is 957. The summed E-state index contributed by atoms with van der Waals surface area (Å²) in [5.41, 5.74) is 5.40. The van der Waals surface area contributed by atoms with E-state index in [9.17, 15) is 23.1 Å². The smallest absolute Gasteiger partial charge is 0.334 e. The third-order valence-corrected chi connectivity index (χ3v) is 10.1. The van der Waals surface area contributed by atoms with Gasteiger partial charge in [-0.15, -0.1) is 11.8 Å². The number of hydrogen-bond donors (Lipinski definition) is 2. The van der Waals surface area contributed by atoms with Crippen molar-refractivity contribution in [3.8, 4) is 0 Å². The van der Waals surface area contributed by atoms with Crippen LogP contribution in [0.3, 0.4) is 0 Å². The molecule has 1 heterocycles. The number of thioether (sulfide) groups is 1. The molecule has 41 heavy (non-hydrogen) atoms. The number of halogens is 3. The molecule has 1 unspecified atom stereocenters. The molecule has 8 heteroatoms. The molecule has 0 radical (unpaired) electrons. The van der Waals surface area contributed by atoms with Gasteiger partial charge in [-0.3, -0.25) is 0 Å². The summed E-state index contributed by atoms with van der Waals surface area (Å²) in [4.78, 5) is 13.8. The normalized spacial score (nSPS) is 23.3. The molecule has 0 aromatic heterocycles. The minimum absolute atomic E-state index is 0.0987. The number of fused-ring (bicyclic) bond motifs is 2. The molecule has 230 valence electrons. The van der Waals surface area contributed by atoms with Crippen LogP contribution in [0.1, 0.15) is 96.0 Å².